The van der Waals surface area contributed by atoms with Crippen molar-refractivity contribution in [1.29, 1.82) is 0 Å². The van der Waals surface area contributed by atoms with E-state index in [1.807, 2.05) is 12.1 Å². The zero-order chi connectivity index (χ0) is 17.4. The molecule has 0 aliphatic rings. The van der Waals surface area contributed by atoms with Gasteiger partial charge in [-0.3, -0.25) is 9.59 Å². The van der Waals surface area contributed by atoms with E-state index >= 15 is 0 Å². The van der Waals surface area contributed by atoms with Crippen molar-refractivity contribution in [2.75, 3.05) is 11.9 Å². The van der Waals surface area contributed by atoms with Gasteiger partial charge in [0.15, 0.2) is 0 Å². The number of anilines is 1. The van der Waals surface area contributed by atoms with Crippen LogP contribution in [-0.2, 0) is 16.0 Å². The zero-order valence-corrected chi connectivity index (χ0v) is 14.6. The quantitative estimate of drug-likeness (QED) is 0.754. The van der Waals surface area contributed by atoms with E-state index in [4.69, 9.17) is 0 Å². The summed E-state index contributed by atoms with van der Waals surface area (Å²) in [5.41, 5.74) is 1.22. The lowest BCUT2D eigenvalue weighted by molar-refractivity contribution is -0.121. The molecule has 6 heteroatoms. The maximum absolute atomic E-state index is 13.4. The van der Waals surface area contributed by atoms with Gasteiger partial charge in [-0.15, -0.1) is 0 Å². The second kappa shape index (κ2) is 9.17. The minimum Gasteiger partial charge on any atom is -0.356 e. The topological polar surface area (TPSA) is 58.2 Å². The molecule has 0 aliphatic carbocycles. The standard InChI is InChI=1S/C18H18BrFN2O2/c19-14-6-8-15(9-7-14)22-18(24)11-12-21-17(23)10-5-13-3-1-2-4-16(13)20/h1-4,6-9H,5,10-12H2,(H,21,23)(H,22,24). The molecule has 0 saturated heterocycles. The minimum absolute atomic E-state index is 0.174. The van der Waals surface area contributed by atoms with Crippen LogP contribution in [0.3, 0.4) is 0 Å². The molecule has 2 rings (SSSR count). The number of amides is 2. The molecule has 2 amide bonds. The van der Waals surface area contributed by atoms with Crippen LogP contribution in [0.25, 0.3) is 0 Å². The molecule has 0 atom stereocenters. The van der Waals surface area contributed by atoms with E-state index in [-0.39, 0.29) is 37.0 Å². The van der Waals surface area contributed by atoms with E-state index in [1.165, 1.54) is 6.07 Å². The Bertz CT molecular complexity index is 704. The van der Waals surface area contributed by atoms with Crippen molar-refractivity contribution in [2.45, 2.75) is 19.3 Å². The summed E-state index contributed by atoms with van der Waals surface area (Å²) in [7, 11) is 0. The summed E-state index contributed by atoms with van der Waals surface area (Å²) in [4.78, 5) is 23.5. The summed E-state index contributed by atoms with van der Waals surface area (Å²) in [6.45, 7) is 0.248. The number of aryl methyl sites for hydroxylation is 1. The number of rotatable bonds is 7. The Morgan fingerprint density at radius 3 is 2.38 bits per heavy atom. The number of nitrogens with one attached hydrogen (secondary N) is 2. The molecule has 2 aromatic carbocycles. The lowest BCUT2D eigenvalue weighted by Gasteiger charge is -2.07. The van der Waals surface area contributed by atoms with Gasteiger partial charge < -0.3 is 10.6 Å². The van der Waals surface area contributed by atoms with Gasteiger partial charge >= 0.3 is 0 Å². The van der Waals surface area contributed by atoms with Crippen LogP contribution in [0.1, 0.15) is 18.4 Å². The Kier molecular flexibility index (Phi) is 6.93. The number of benzene rings is 2. The highest BCUT2D eigenvalue weighted by Crippen LogP contribution is 2.14. The Morgan fingerprint density at radius 2 is 1.67 bits per heavy atom. The lowest BCUT2D eigenvalue weighted by Crippen LogP contribution is -2.27. The number of carbonyl (C=O) groups excluding carboxylic acids is 2. The molecule has 4 nitrogen and oxygen atoms in total. The van der Waals surface area contributed by atoms with Gasteiger partial charge in [0, 0.05) is 29.5 Å². The normalized spacial score (nSPS) is 10.2. The van der Waals surface area contributed by atoms with Gasteiger partial charge in [0.1, 0.15) is 5.82 Å². The fourth-order valence-electron chi connectivity index (χ4n) is 2.11. The average Bonchev–Trinajstić information content (AvgIpc) is 2.56. The predicted molar refractivity (Wildman–Crippen MR) is 95.1 cm³/mol. The van der Waals surface area contributed by atoms with Crippen molar-refractivity contribution in [1.82, 2.24) is 5.32 Å². The first-order valence-corrected chi connectivity index (χ1v) is 8.39. The van der Waals surface area contributed by atoms with Crippen LogP contribution in [-0.4, -0.2) is 18.4 Å². The Labute approximate surface area is 148 Å². The molecular formula is C18H18BrFN2O2. The van der Waals surface area contributed by atoms with Gasteiger partial charge in [0.05, 0.1) is 0 Å². The number of carbonyl (C=O) groups is 2. The highest BCUT2D eigenvalue weighted by atomic mass is 79.9. The van der Waals surface area contributed by atoms with Gasteiger partial charge in [-0.2, -0.15) is 0 Å². The molecular weight excluding hydrogens is 375 g/mol. The number of hydrogen-bond acceptors (Lipinski definition) is 2. The highest BCUT2D eigenvalue weighted by Gasteiger charge is 2.07. The van der Waals surface area contributed by atoms with Crippen LogP contribution < -0.4 is 10.6 Å². The van der Waals surface area contributed by atoms with Crippen molar-refractivity contribution in [3.8, 4) is 0 Å². The van der Waals surface area contributed by atoms with Gasteiger partial charge in [0.2, 0.25) is 11.8 Å². The van der Waals surface area contributed by atoms with Crippen LogP contribution >= 0.6 is 15.9 Å². The second-order valence-corrected chi connectivity index (χ2v) is 6.16. The van der Waals surface area contributed by atoms with E-state index in [9.17, 15) is 14.0 Å². The Hall–Kier alpha value is -2.21. The predicted octanol–water partition coefficient (Wildman–Crippen LogP) is 3.67. The van der Waals surface area contributed by atoms with Crippen LogP contribution in [0.15, 0.2) is 53.0 Å². The van der Waals surface area contributed by atoms with Crippen LogP contribution in [0.5, 0.6) is 0 Å². The smallest absolute Gasteiger partial charge is 0.226 e. The summed E-state index contributed by atoms with van der Waals surface area (Å²) >= 11 is 3.32. The van der Waals surface area contributed by atoms with E-state index in [0.717, 1.165) is 4.47 Å². The second-order valence-electron chi connectivity index (χ2n) is 5.25. The minimum atomic E-state index is -0.306. The maximum atomic E-state index is 13.4. The highest BCUT2D eigenvalue weighted by molar-refractivity contribution is 9.10. The molecule has 0 aromatic heterocycles. The molecule has 2 N–H and O–H groups in total. The molecule has 0 heterocycles. The Balaban J connectivity index is 1.66. The van der Waals surface area contributed by atoms with Crippen molar-refractivity contribution in [3.63, 3.8) is 0 Å². The van der Waals surface area contributed by atoms with Crippen LogP contribution in [0.2, 0.25) is 0 Å². The largest absolute Gasteiger partial charge is 0.356 e. The van der Waals surface area contributed by atoms with E-state index < -0.39 is 0 Å². The van der Waals surface area contributed by atoms with Crippen LogP contribution in [0, 0.1) is 5.82 Å². The SMILES string of the molecule is O=C(CCc1ccccc1F)NCCC(=O)Nc1ccc(Br)cc1. The first-order chi connectivity index (χ1) is 11.5. The third kappa shape index (κ3) is 6.12. The monoisotopic (exact) mass is 392 g/mol. The van der Waals surface area contributed by atoms with Crippen molar-refractivity contribution in [2.24, 2.45) is 0 Å². The Morgan fingerprint density at radius 1 is 0.958 bits per heavy atom. The van der Waals surface area contributed by atoms with Crippen LogP contribution in [0.4, 0.5) is 10.1 Å². The molecule has 24 heavy (non-hydrogen) atoms. The van der Waals surface area contributed by atoms with Crippen molar-refractivity contribution in [3.05, 3.63) is 64.4 Å². The fourth-order valence-corrected chi connectivity index (χ4v) is 2.37. The molecule has 0 fully saturated rings. The summed E-state index contributed by atoms with van der Waals surface area (Å²) < 4.78 is 14.4. The van der Waals surface area contributed by atoms with Gasteiger partial charge in [-0.25, -0.2) is 4.39 Å². The first kappa shape index (κ1) is 18.1. The van der Waals surface area contributed by atoms with E-state index in [1.54, 1.807) is 30.3 Å². The third-order valence-corrected chi connectivity index (χ3v) is 3.91. The molecule has 0 unspecified atom stereocenters. The van der Waals surface area contributed by atoms with Gasteiger partial charge in [0.25, 0.3) is 0 Å². The van der Waals surface area contributed by atoms with E-state index in [0.29, 0.717) is 17.7 Å². The fraction of sp³-hybridized carbons (Fsp3) is 0.222. The van der Waals surface area contributed by atoms with Gasteiger partial charge in [-0.1, -0.05) is 34.1 Å². The molecule has 0 saturated carbocycles. The lowest BCUT2D eigenvalue weighted by atomic mass is 10.1. The van der Waals surface area contributed by atoms with Gasteiger partial charge in [-0.05, 0) is 42.3 Å². The number of hydrogen-bond donors (Lipinski definition) is 2. The molecule has 0 bridgehead atoms. The summed E-state index contributed by atoms with van der Waals surface area (Å²) in [5.74, 6) is -0.680. The molecule has 0 aliphatic heterocycles. The summed E-state index contributed by atoms with van der Waals surface area (Å²) in [6, 6.07) is 13.6. The zero-order valence-electron chi connectivity index (χ0n) is 13.0. The molecule has 126 valence electrons. The third-order valence-electron chi connectivity index (χ3n) is 3.38. The summed E-state index contributed by atoms with van der Waals surface area (Å²) in [5, 5.41) is 5.42. The van der Waals surface area contributed by atoms with Crippen molar-refractivity contribution >= 4 is 33.4 Å². The molecule has 0 radical (unpaired) electrons. The first-order valence-electron chi connectivity index (χ1n) is 7.60. The van der Waals surface area contributed by atoms with E-state index in [2.05, 4.69) is 26.6 Å². The maximum Gasteiger partial charge on any atom is 0.226 e. The molecule has 2 aromatic rings. The average molecular weight is 393 g/mol. The summed E-state index contributed by atoms with van der Waals surface area (Å²) in [6.07, 6.45) is 0.709. The molecule has 0 spiro atoms. The van der Waals surface area contributed by atoms with Crippen molar-refractivity contribution < 1.29 is 14.0 Å². The number of halogens is 2.